The summed E-state index contributed by atoms with van der Waals surface area (Å²) < 4.78 is 10.9. The number of ether oxygens (including phenoxy) is 2. The number of hydrogen-bond donors (Lipinski definition) is 2. The number of esters is 1. The number of carbonyl (C=O) groups excluding carboxylic acids is 3. The highest BCUT2D eigenvalue weighted by molar-refractivity contribution is 6.31. The van der Waals surface area contributed by atoms with Crippen molar-refractivity contribution in [1.82, 2.24) is 10.2 Å². The molecule has 8 nitrogen and oxygen atoms in total. The van der Waals surface area contributed by atoms with E-state index in [1.54, 1.807) is 36.4 Å². The van der Waals surface area contributed by atoms with Crippen molar-refractivity contribution in [1.29, 1.82) is 0 Å². The van der Waals surface area contributed by atoms with Crippen LogP contribution in [0.2, 0.25) is 5.02 Å². The number of rotatable bonds is 6. The molecule has 0 aromatic heterocycles. The van der Waals surface area contributed by atoms with E-state index < -0.39 is 23.9 Å². The van der Waals surface area contributed by atoms with Crippen LogP contribution in [-0.4, -0.2) is 42.6 Å². The lowest BCUT2D eigenvalue weighted by atomic mass is 9.95. The Morgan fingerprint density at radius 2 is 2.06 bits per heavy atom. The predicted octanol–water partition coefficient (Wildman–Crippen LogP) is 3.56. The van der Waals surface area contributed by atoms with Gasteiger partial charge in [-0.3, -0.25) is 9.69 Å². The highest BCUT2D eigenvalue weighted by Crippen LogP contribution is 2.38. The molecule has 0 saturated heterocycles. The summed E-state index contributed by atoms with van der Waals surface area (Å²) in [4.78, 5) is 39.4. The average molecular weight is 456 g/mol. The van der Waals surface area contributed by atoms with E-state index in [0.29, 0.717) is 39.9 Å². The average Bonchev–Trinajstić information content (AvgIpc) is 3.15. The lowest BCUT2D eigenvalue weighted by Gasteiger charge is -2.33. The molecule has 0 radical (unpaired) electrons. The van der Waals surface area contributed by atoms with Gasteiger partial charge in [0.15, 0.2) is 0 Å². The number of amides is 3. The second-order valence-corrected chi connectivity index (χ2v) is 7.80. The van der Waals surface area contributed by atoms with Crippen LogP contribution in [0.15, 0.2) is 53.7 Å². The Kier molecular flexibility index (Phi) is 6.05. The topological polar surface area (TPSA) is 97.0 Å². The summed E-state index contributed by atoms with van der Waals surface area (Å²) in [5, 5.41) is 6.06. The molecule has 2 aromatic rings. The first-order valence-electron chi connectivity index (χ1n) is 10.1. The van der Waals surface area contributed by atoms with Crippen LogP contribution in [0.4, 0.5) is 10.5 Å². The van der Waals surface area contributed by atoms with Crippen LogP contribution in [-0.2, 0) is 14.3 Å². The molecule has 166 valence electrons. The summed E-state index contributed by atoms with van der Waals surface area (Å²) in [6, 6.07) is 11.1. The number of hydrogen-bond acceptors (Lipinski definition) is 5. The number of aryl methyl sites for hydroxylation is 1. The maximum Gasteiger partial charge on any atom is 0.338 e. The molecule has 0 saturated carbocycles. The number of cyclic esters (lactones) is 1. The van der Waals surface area contributed by atoms with Crippen molar-refractivity contribution in [2.75, 3.05) is 25.1 Å². The minimum Gasteiger partial charge on any atom is -0.494 e. The zero-order chi connectivity index (χ0) is 22.8. The summed E-state index contributed by atoms with van der Waals surface area (Å²) in [7, 11) is 0. The summed E-state index contributed by atoms with van der Waals surface area (Å²) in [5.41, 5.74) is 2.71. The first kappa shape index (κ1) is 21.7. The molecule has 4 rings (SSSR count). The van der Waals surface area contributed by atoms with Crippen LogP contribution in [0.25, 0.3) is 0 Å². The molecular formula is C23H22ClN3O5. The van der Waals surface area contributed by atoms with E-state index in [1.807, 2.05) is 19.9 Å². The van der Waals surface area contributed by atoms with E-state index >= 15 is 0 Å². The van der Waals surface area contributed by atoms with Crippen LogP contribution >= 0.6 is 11.6 Å². The van der Waals surface area contributed by atoms with Gasteiger partial charge in [0.25, 0.3) is 0 Å². The Balaban J connectivity index is 1.60. The molecule has 32 heavy (non-hydrogen) atoms. The number of benzene rings is 2. The minimum absolute atomic E-state index is 0.0848. The van der Waals surface area contributed by atoms with Gasteiger partial charge in [-0.2, -0.15) is 0 Å². The molecule has 2 aliphatic heterocycles. The van der Waals surface area contributed by atoms with Crippen LogP contribution in [0.1, 0.15) is 24.1 Å². The Bertz CT molecular complexity index is 1130. The standard InChI is InChI=1S/C23H22ClN3O5/c1-3-31-18-7-5-4-6-15(18)21-20-17(12-32-22(20)29)27(23(30)26-21)11-19(28)25-14-9-8-13(2)16(24)10-14/h4-10,21H,3,11-12H2,1-2H3,(H,25,28)(H,26,30). The highest BCUT2D eigenvalue weighted by atomic mass is 35.5. The Morgan fingerprint density at radius 3 is 2.81 bits per heavy atom. The second kappa shape index (κ2) is 8.92. The fourth-order valence-corrected chi connectivity index (χ4v) is 3.91. The van der Waals surface area contributed by atoms with Crippen molar-refractivity contribution in [2.24, 2.45) is 0 Å². The molecule has 0 aliphatic carbocycles. The molecule has 2 aromatic carbocycles. The molecule has 1 unspecified atom stereocenters. The van der Waals surface area contributed by atoms with Gasteiger partial charge in [0.05, 0.1) is 23.9 Å². The van der Waals surface area contributed by atoms with Crippen molar-refractivity contribution >= 4 is 35.2 Å². The van der Waals surface area contributed by atoms with Gasteiger partial charge < -0.3 is 20.1 Å². The molecule has 0 bridgehead atoms. The molecule has 2 N–H and O–H groups in total. The fraction of sp³-hybridized carbons (Fsp3) is 0.261. The number of carbonyl (C=O) groups is 3. The van der Waals surface area contributed by atoms with Gasteiger partial charge in [0.1, 0.15) is 18.9 Å². The van der Waals surface area contributed by atoms with Gasteiger partial charge in [-0.1, -0.05) is 35.9 Å². The lowest BCUT2D eigenvalue weighted by molar-refractivity contribution is -0.136. The Labute approximate surface area is 190 Å². The van der Waals surface area contributed by atoms with Crippen molar-refractivity contribution in [2.45, 2.75) is 19.9 Å². The van der Waals surface area contributed by atoms with Gasteiger partial charge in [0, 0.05) is 16.3 Å². The third kappa shape index (κ3) is 4.13. The zero-order valence-electron chi connectivity index (χ0n) is 17.6. The normalized spacial score (nSPS) is 17.6. The monoisotopic (exact) mass is 455 g/mol. The second-order valence-electron chi connectivity index (χ2n) is 7.39. The molecule has 9 heteroatoms. The van der Waals surface area contributed by atoms with Crippen LogP contribution in [0, 0.1) is 6.92 Å². The Hall–Kier alpha value is -3.52. The molecular weight excluding hydrogens is 434 g/mol. The van der Waals surface area contributed by atoms with E-state index in [0.717, 1.165) is 5.56 Å². The predicted molar refractivity (Wildman–Crippen MR) is 118 cm³/mol. The largest absolute Gasteiger partial charge is 0.494 e. The molecule has 1 atom stereocenters. The highest BCUT2D eigenvalue weighted by Gasteiger charge is 2.43. The fourth-order valence-electron chi connectivity index (χ4n) is 3.73. The van der Waals surface area contributed by atoms with Crippen LogP contribution in [0.3, 0.4) is 0 Å². The zero-order valence-corrected chi connectivity index (χ0v) is 18.4. The van der Waals surface area contributed by atoms with Gasteiger partial charge >= 0.3 is 12.0 Å². The van der Waals surface area contributed by atoms with Gasteiger partial charge in [-0.25, -0.2) is 9.59 Å². The molecule has 0 spiro atoms. The van der Waals surface area contributed by atoms with Crippen molar-refractivity contribution in [3.63, 3.8) is 0 Å². The van der Waals surface area contributed by atoms with E-state index in [4.69, 9.17) is 21.1 Å². The Morgan fingerprint density at radius 1 is 1.28 bits per heavy atom. The van der Waals surface area contributed by atoms with E-state index in [1.165, 1.54) is 4.90 Å². The lowest BCUT2D eigenvalue weighted by Crippen LogP contribution is -2.49. The number of nitrogens with one attached hydrogen (secondary N) is 2. The number of halogens is 1. The molecule has 2 heterocycles. The first-order chi connectivity index (χ1) is 15.4. The van der Waals surface area contributed by atoms with Gasteiger partial charge in [0.2, 0.25) is 5.91 Å². The summed E-state index contributed by atoms with van der Waals surface area (Å²) >= 11 is 6.11. The van der Waals surface area contributed by atoms with Crippen LogP contribution in [0.5, 0.6) is 5.75 Å². The van der Waals surface area contributed by atoms with Gasteiger partial charge in [-0.05, 0) is 37.6 Å². The minimum atomic E-state index is -0.731. The van der Waals surface area contributed by atoms with Crippen molar-refractivity contribution < 1.29 is 23.9 Å². The molecule has 2 aliphatic rings. The maximum atomic E-state index is 13.0. The summed E-state index contributed by atoms with van der Waals surface area (Å²) in [5.74, 6) is -0.402. The van der Waals surface area contributed by atoms with Crippen LogP contribution < -0.4 is 15.4 Å². The van der Waals surface area contributed by atoms with E-state index in [-0.39, 0.29) is 13.2 Å². The first-order valence-corrected chi connectivity index (χ1v) is 10.5. The smallest absolute Gasteiger partial charge is 0.338 e. The van der Waals surface area contributed by atoms with E-state index in [2.05, 4.69) is 10.6 Å². The third-order valence-electron chi connectivity index (χ3n) is 5.29. The SMILES string of the molecule is CCOc1ccccc1C1NC(=O)N(CC(=O)Nc2ccc(C)c(Cl)c2)C2=C1C(=O)OC2. The van der Waals surface area contributed by atoms with Gasteiger partial charge in [-0.15, -0.1) is 0 Å². The number of nitrogens with zero attached hydrogens (tertiary/aromatic N) is 1. The molecule has 3 amide bonds. The maximum absolute atomic E-state index is 13.0. The third-order valence-corrected chi connectivity index (χ3v) is 5.69. The quantitative estimate of drug-likeness (QED) is 0.649. The number of anilines is 1. The summed E-state index contributed by atoms with van der Waals surface area (Å²) in [6.07, 6.45) is 0. The summed E-state index contributed by atoms with van der Waals surface area (Å²) in [6.45, 7) is 3.78. The van der Waals surface area contributed by atoms with E-state index in [9.17, 15) is 14.4 Å². The molecule has 0 fully saturated rings. The number of urea groups is 1. The number of para-hydroxylation sites is 1. The van der Waals surface area contributed by atoms with Crippen molar-refractivity contribution in [3.8, 4) is 5.75 Å². The van der Waals surface area contributed by atoms with Crippen molar-refractivity contribution in [3.05, 3.63) is 69.9 Å².